The van der Waals surface area contributed by atoms with Gasteiger partial charge < -0.3 is 9.47 Å². The monoisotopic (exact) mass is 502 g/mol. The minimum absolute atomic E-state index is 0.0598. The zero-order valence-corrected chi connectivity index (χ0v) is 20.4. The summed E-state index contributed by atoms with van der Waals surface area (Å²) in [5.74, 6) is 0.738. The van der Waals surface area contributed by atoms with E-state index < -0.39 is 0 Å². The molecule has 0 spiro atoms. The smallest absolute Gasteiger partial charge is 0.266 e. The Morgan fingerprint density at radius 2 is 1.97 bits per heavy atom. The molecule has 0 unspecified atom stereocenters. The van der Waals surface area contributed by atoms with Crippen molar-refractivity contribution >= 4 is 50.5 Å². The Morgan fingerprint density at radius 3 is 2.65 bits per heavy atom. The molecule has 0 aliphatic carbocycles. The van der Waals surface area contributed by atoms with E-state index in [1.807, 2.05) is 68.5 Å². The van der Waals surface area contributed by atoms with Crippen molar-refractivity contribution in [2.75, 3.05) is 19.8 Å². The summed E-state index contributed by atoms with van der Waals surface area (Å²) in [7, 11) is 0. The first-order chi connectivity index (χ1) is 15.0. The van der Waals surface area contributed by atoms with Crippen LogP contribution in [0, 0.1) is 0 Å². The van der Waals surface area contributed by atoms with E-state index in [1.165, 1.54) is 11.8 Å². The van der Waals surface area contributed by atoms with Crippen LogP contribution in [-0.2, 0) is 9.53 Å². The molecule has 0 N–H and O–H groups in total. The fraction of sp³-hybridized carbons (Fsp3) is 0.333. The normalized spacial score (nSPS) is 17.5. The molecule has 1 aliphatic heterocycles. The highest BCUT2D eigenvalue weighted by Crippen LogP contribution is 2.35. The van der Waals surface area contributed by atoms with Crippen LogP contribution in [0.25, 0.3) is 6.08 Å². The number of carbonyl (C=O) groups excluding carboxylic acids is 1. The molecule has 0 saturated carbocycles. The van der Waals surface area contributed by atoms with Crippen molar-refractivity contribution in [2.45, 2.75) is 33.3 Å². The number of hydrogen-bond donors (Lipinski definition) is 0. The van der Waals surface area contributed by atoms with Crippen molar-refractivity contribution in [3.8, 4) is 5.75 Å². The molecular weight excluding hydrogens is 476 g/mol. The van der Waals surface area contributed by atoms with Crippen LogP contribution in [-0.4, -0.2) is 41.8 Å². The molecule has 0 aromatic heterocycles. The van der Waals surface area contributed by atoms with Gasteiger partial charge in [-0.1, -0.05) is 31.2 Å². The summed E-state index contributed by atoms with van der Waals surface area (Å²) in [6.07, 6.45) is 2.97. The predicted molar refractivity (Wildman–Crippen MR) is 132 cm³/mol. The molecule has 31 heavy (non-hydrogen) atoms. The highest BCUT2D eigenvalue weighted by atomic mass is 79.9. The van der Waals surface area contributed by atoms with Gasteiger partial charge in [0.1, 0.15) is 5.75 Å². The Kier molecular flexibility index (Phi) is 8.75. The van der Waals surface area contributed by atoms with E-state index in [9.17, 15) is 4.79 Å². The second-order valence-corrected chi connectivity index (χ2v) is 8.88. The van der Waals surface area contributed by atoms with Crippen LogP contribution < -0.4 is 4.74 Å². The van der Waals surface area contributed by atoms with Crippen molar-refractivity contribution in [1.29, 1.82) is 0 Å². The number of aliphatic imine (C=N–C) groups is 1. The van der Waals surface area contributed by atoms with E-state index in [0.717, 1.165) is 27.9 Å². The van der Waals surface area contributed by atoms with Crippen LogP contribution in [0.3, 0.4) is 0 Å². The van der Waals surface area contributed by atoms with Gasteiger partial charge in [-0.25, -0.2) is 4.99 Å². The summed E-state index contributed by atoms with van der Waals surface area (Å²) >= 11 is 4.97. The van der Waals surface area contributed by atoms with Crippen LogP contribution in [0.15, 0.2) is 62.9 Å². The molecular formula is C24H27BrN2O3S. The SMILES string of the molecule is CCOCCN1C(=O)/C(=C/c2ccc(O[C@@H](C)CC)c(Br)c2)SC1=Nc1ccccc1. The van der Waals surface area contributed by atoms with E-state index in [2.05, 4.69) is 22.9 Å². The highest BCUT2D eigenvalue weighted by Gasteiger charge is 2.33. The molecule has 0 radical (unpaired) electrons. The Balaban J connectivity index is 1.85. The highest BCUT2D eigenvalue weighted by molar-refractivity contribution is 9.10. The number of para-hydroxylation sites is 1. The lowest BCUT2D eigenvalue weighted by Gasteiger charge is -2.15. The Bertz CT molecular complexity index is 963. The topological polar surface area (TPSA) is 51.1 Å². The number of carbonyl (C=O) groups is 1. The third-order valence-corrected chi connectivity index (χ3v) is 6.32. The van der Waals surface area contributed by atoms with Crippen molar-refractivity contribution in [1.82, 2.24) is 4.90 Å². The van der Waals surface area contributed by atoms with E-state index in [4.69, 9.17) is 14.5 Å². The lowest BCUT2D eigenvalue weighted by atomic mass is 10.2. The molecule has 164 valence electrons. The van der Waals surface area contributed by atoms with Gasteiger partial charge in [0.25, 0.3) is 5.91 Å². The maximum Gasteiger partial charge on any atom is 0.266 e. The number of amidine groups is 1. The first kappa shape index (κ1) is 23.6. The summed E-state index contributed by atoms with van der Waals surface area (Å²) in [5.41, 5.74) is 1.74. The van der Waals surface area contributed by atoms with E-state index in [1.54, 1.807) is 4.90 Å². The van der Waals surface area contributed by atoms with Crippen molar-refractivity contribution in [2.24, 2.45) is 4.99 Å². The molecule has 7 heteroatoms. The van der Waals surface area contributed by atoms with Crippen LogP contribution in [0.5, 0.6) is 5.75 Å². The van der Waals surface area contributed by atoms with Gasteiger partial charge in [-0.15, -0.1) is 0 Å². The quantitative estimate of drug-likeness (QED) is 0.299. The number of amides is 1. The summed E-state index contributed by atoms with van der Waals surface area (Å²) < 4.78 is 12.2. The molecule has 1 atom stereocenters. The lowest BCUT2D eigenvalue weighted by Crippen LogP contribution is -2.32. The Labute approximate surface area is 196 Å². The van der Waals surface area contributed by atoms with E-state index in [-0.39, 0.29) is 12.0 Å². The molecule has 1 heterocycles. The van der Waals surface area contributed by atoms with Crippen molar-refractivity contribution in [3.63, 3.8) is 0 Å². The van der Waals surface area contributed by atoms with Gasteiger partial charge in [-0.3, -0.25) is 9.69 Å². The largest absolute Gasteiger partial charge is 0.490 e. The molecule has 1 fully saturated rings. The second kappa shape index (κ2) is 11.5. The van der Waals surface area contributed by atoms with Gasteiger partial charge in [-0.05, 0) is 83.9 Å². The average Bonchev–Trinajstić information content (AvgIpc) is 3.05. The Hall–Kier alpha value is -2.09. The zero-order valence-electron chi connectivity index (χ0n) is 18.0. The minimum atomic E-state index is -0.0598. The van der Waals surface area contributed by atoms with Gasteiger partial charge in [0.2, 0.25) is 0 Å². The Morgan fingerprint density at radius 1 is 1.19 bits per heavy atom. The van der Waals surface area contributed by atoms with Crippen LogP contribution in [0.1, 0.15) is 32.8 Å². The predicted octanol–water partition coefficient (Wildman–Crippen LogP) is 6.27. The van der Waals surface area contributed by atoms with Gasteiger partial charge in [0, 0.05) is 6.61 Å². The van der Waals surface area contributed by atoms with Gasteiger partial charge in [0.05, 0.1) is 34.3 Å². The summed E-state index contributed by atoms with van der Waals surface area (Å²) in [5, 5.41) is 0.665. The number of ether oxygens (including phenoxy) is 2. The fourth-order valence-corrected chi connectivity index (χ4v) is 4.37. The van der Waals surface area contributed by atoms with Gasteiger partial charge in [-0.2, -0.15) is 0 Å². The maximum absolute atomic E-state index is 13.1. The maximum atomic E-state index is 13.1. The molecule has 2 aromatic carbocycles. The van der Waals surface area contributed by atoms with Crippen LogP contribution in [0.2, 0.25) is 0 Å². The molecule has 2 aromatic rings. The van der Waals surface area contributed by atoms with E-state index in [0.29, 0.717) is 29.8 Å². The van der Waals surface area contributed by atoms with Crippen molar-refractivity contribution in [3.05, 3.63) is 63.5 Å². The zero-order chi connectivity index (χ0) is 22.2. The van der Waals surface area contributed by atoms with Gasteiger partial charge in [0.15, 0.2) is 5.17 Å². The third-order valence-electron chi connectivity index (χ3n) is 4.69. The summed E-state index contributed by atoms with van der Waals surface area (Å²) in [6.45, 7) is 7.62. The number of benzene rings is 2. The molecule has 1 amide bonds. The lowest BCUT2D eigenvalue weighted by molar-refractivity contribution is -0.122. The summed E-state index contributed by atoms with van der Waals surface area (Å²) in [4.78, 5) is 20.1. The minimum Gasteiger partial charge on any atom is -0.490 e. The average molecular weight is 503 g/mol. The molecule has 1 aliphatic rings. The molecule has 5 nitrogen and oxygen atoms in total. The number of halogens is 1. The number of thioether (sulfide) groups is 1. The number of hydrogen-bond acceptors (Lipinski definition) is 5. The number of nitrogens with zero attached hydrogens (tertiary/aromatic N) is 2. The fourth-order valence-electron chi connectivity index (χ4n) is 2.86. The second-order valence-electron chi connectivity index (χ2n) is 7.02. The standard InChI is InChI=1S/C24H27BrN2O3S/c1-4-17(3)30-21-12-11-18(15-20(21)25)16-22-23(28)27(13-14-29-5-2)24(31-22)26-19-9-7-6-8-10-19/h6-12,15-17H,4-5,13-14H2,1-3H3/b22-16-,26-24?/t17-/m0/s1. The first-order valence-corrected chi connectivity index (χ1v) is 12.0. The molecule has 3 rings (SSSR count). The molecule has 0 bridgehead atoms. The van der Waals surface area contributed by atoms with E-state index >= 15 is 0 Å². The molecule has 1 saturated heterocycles. The van der Waals surface area contributed by atoms with Crippen LogP contribution >= 0.6 is 27.7 Å². The number of rotatable bonds is 9. The third kappa shape index (κ3) is 6.45. The van der Waals surface area contributed by atoms with Crippen molar-refractivity contribution < 1.29 is 14.3 Å². The van der Waals surface area contributed by atoms with Crippen LogP contribution in [0.4, 0.5) is 5.69 Å². The summed E-state index contributed by atoms with van der Waals surface area (Å²) in [6, 6.07) is 15.5. The van der Waals surface area contributed by atoms with Gasteiger partial charge >= 0.3 is 0 Å². The first-order valence-electron chi connectivity index (χ1n) is 10.4.